The molecule has 0 fully saturated rings. The van der Waals surface area contributed by atoms with Crippen LogP contribution in [-0.4, -0.2) is 38.3 Å². The molecule has 1 aromatic rings. The Kier molecular flexibility index (Phi) is 4.61. The first kappa shape index (κ1) is 17.9. The molecular formula is C17H26N2O3S. The second-order valence-electron chi connectivity index (χ2n) is 6.40. The maximum Gasteiger partial charge on any atom is 0.243 e. The topological polar surface area (TPSA) is 57.7 Å². The molecule has 0 bridgehead atoms. The summed E-state index contributed by atoms with van der Waals surface area (Å²) in [4.78, 5) is 14.7. The molecule has 128 valence electrons. The molecule has 0 atom stereocenters. The van der Waals surface area contributed by atoms with Crippen LogP contribution in [0, 0.1) is 6.92 Å². The van der Waals surface area contributed by atoms with Crippen molar-refractivity contribution in [3.8, 4) is 0 Å². The largest absolute Gasteiger partial charge is 0.311 e. The lowest BCUT2D eigenvalue weighted by molar-refractivity contribution is -0.122. The highest BCUT2D eigenvalue weighted by Crippen LogP contribution is 2.44. The number of aryl methyl sites for hydroxylation is 1. The monoisotopic (exact) mass is 338 g/mol. The molecule has 0 N–H and O–H groups in total. The molecule has 0 radical (unpaired) electrons. The number of likely N-dealkylation sites (N-methyl/N-ethyl adjacent to an activating group) is 1. The lowest BCUT2D eigenvalue weighted by Crippen LogP contribution is -2.36. The fourth-order valence-corrected chi connectivity index (χ4v) is 4.87. The third-order valence-corrected chi connectivity index (χ3v) is 6.68. The van der Waals surface area contributed by atoms with Gasteiger partial charge in [0.1, 0.15) is 0 Å². The van der Waals surface area contributed by atoms with Gasteiger partial charge < -0.3 is 4.90 Å². The lowest BCUT2D eigenvalue weighted by atomic mass is 9.85. The number of anilines is 1. The summed E-state index contributed by atoms with van der Waals surface area (Å²) in [5, 5.41) is 0. The molecule has 0 saturated heterocycles. The molecule has 1 aromatic carbocycles. The van der Waals surface area contributed by atoms with E-state index >= 15 is 0 Å². The molecule has 0 saturated carbocycles. The Morgan fingerprint density at radius 1 is 1.13 bits per heavy atom. The number of hydrogen-bond acceptors (Lipinski definition) is 3. The number of fused-ring (bicyclic) bond motifs is 1. The predicted molar refractivity (Wildman–Crippen MR) is 92.3 cm³/mol. The molecule has 1 aliphatic rings. The molecule has 1 aliphatic heterocycles. The van der Waals surface area contributed by atoms with Gasteiger partial charge in [0, 0.05) is 19.6 Å². The van der Waals surface area contributed by atoms with Crippen molar-refractivity contribution in [3.63, 3.8) is 0 Å². The zero-order valence-electron chi connectivity index (χ0n) is 14.8. The molecule has 0 aliphatic carbocycles. The van der Waals surface area contributed by atoms with Gasteiger partial charge in [0.2, 0.25) is 15.9 Å². The standard InChI is InChI=1S/C17H26N2O3S/c1-7-18(8-2)23(21,22)13-10-12(4)15-14(11-13)17(5,6)16(20)19(15)9-3/h10-11H,7-9H2,1-6H3. The van der Waals surface area contributed by atoms with E-state index in [1.54, 1.807) is 17.0 Å². The highest BCUT2D eigenvalue weighted by atomic mass is 32.2. The molecule has 1 amide bonds. The number of nitrogens with zero attached hydrogens (tertiary/aromatic N) is 2. The molecule has 0 unspecified atom stereocenters. The molecular weight excluding hydrogens is 312 g/mol. The molecule has 2 rings (SSSR count). The first-order valence-corrected chi connectivity index (χ1v) is 9.54. The third kappa shape index (κ3) is 2.58. The van der Waals surface area contributed by atoms with Crippen molar-refractivity contribution >= 4 is 21.6 Å². The van der Waals surface area contributed by atoms with Gasteiger partial charge in [0.15, 0.2) is 0 Å². The summed E-state index contributed by atoms with van der Waals surface area (Å²) in [6.07, 6.45) is 0. The summed E-state index contributed by atoms with van der Waals surface area (Å²) in [7, 11) is -3.53. The van der Waals surface area contributed by atoms with Crippen molar-refractivity contribution in [1.82, 2.24) is 4.31 Å². The Morgan fingerprint density at radius 3 is 2.17 bits per heavy atom. The average molecular weight is 338 g/mol. The van der Waals surface area contributed by atoms with Crippen LogP contribution in [0.1, 0.15) is 45.7 Å². The number of amides is 1. The zero-order valence-corrected chi connectivity index (χ0v) is 15.6. The number of hydrogen-bond donors (Lipinski definition) is 0. The first-order valence-electron chi connectivity index (χ1n) is 8.10. The molecule has 5 nitrogen and oxygen atoms in total. The smallest absolute Gasteiger partial charge is 0.243 e. The second kappa shape index (κ2) is 5.91. The van der Waals surface area contributed by atoms with E-state index in [-0.39, 0.29) is 10.8 Å². The van der Waals surface area contributed by atoms with Crippen molar-refractivity contribution in [3.05, 3.63) is 23.3 Å². The fraction of sp³-hybridized carbons (Fsp3) is 0.588. The summed E-state index contributed by atoms with van der Waals surface area (Å²) in [5.41, 5.74) is 1.79. The number of carbonyl (C=O) groups excluding carboxylic acids is 1. The van der Waals surface area contributed by atoms with Gasteiger partial charge in [-0.2, -0.15) is 4.31 Å². The number of sulfonamides is 1. The van der Waals surface area contributed by atoms with Gasteiger partial charge in [-0.15, -0.1) is 0 Å². The van der Waals surface area contributed by atoms with E-state index in [4.69, 9.17) is 0 Å². The Morgan fingerprint density at radius 2 is 1.70 bits per heavy atom. The molecule has 23 heavy (non-hydrogen) atoms. The maximum absolute atomic E-state index is 12.8. The van der Waals surface area contributed by atoms with Gasteiger partial charge in [-0.25, -0.2) is 8.42 Å². The first-order chi connectivity index (χ1) is 10.6. The molecule has 0 spiro atoms. The average Bonchev–Trinajstić information content (AvgIpc) is 2.68. The van der Waals surface area contributed by atoms with E-state index in [1.807, 2.05) is 41.5 Å². The van der Waals surface area contributed by atoms with Crippen LogP contribution < -0.4 is 4.90 Å². The van der Waals surface area contributed by atoms with E-state index < -0.39 is 15.4 Å². The zero-order chi connectivity index (χ0) is 17.6. The minimum Gasteiger partial charge on any atom is -0.311 e. The van der Waals surface area contributed by atoms with Gasteiger partial charge in [-0.05, 0) is 51.0 Å². The van der Waals surface area contributed by atoms with E-state index in [9.17, 15) is 13.2 Å². The molecule has 0 aromatic heterocycles. The van der Waals surface area contributed by atoms with Crippen LogP contribution in [0.4, 0.5) is 5.69 Å². The summed E-state index contributed by atoms with van der Waals surface area (Å²) in [5.74, 6) is 0.0236. The van der Waals surface area contributed by atoms with Gasteiger partial charge in [-0.3, -0.25) is 4.79 Å². The van der Waals surface area contributed by atoms with Crippen molar-refractivity contribution < 1.29 is 13.2 Å². The van der Waals surface area contributed by atoms with Crippen LogP contribution in [0.5, 0.6) is 0 Å². The van der Waals surface area contributed by atoms with Crippen LogP contribution in [0.15, 0.2) is 17.0 Å². The Balaban J connectivity index is 2.70. The quantitative estimate of drug-likeness (QED) is 0.829. The van der Waals surface area contributed by atoms with Crippen LogP contribution >= 0.6 is 0 Å². The van der Waals surface area contributed by atoms with E-state index in [2.05, 4.69) is 0 Å². The SMILES string of the molecule is CCN1C(=O)C(C)(C)c2cc(S(=O)(=O)N(CC)CC)cc(C)c21. The number of carbonyl (C=O) groups is 1. The van der Waals surface area contributed by atoms with E-state index in [0.29, 0.717) is 19.6 Å². The Labute approximate surface area is 139 Å². The van der Waals surface area contributed by atoms with Crippen molar-refractivity contribution in [2.75, 3.05) is 24.5 Å². The number of rotatable bonds is 5. The van der Waals surface area contributed by atoms with Crippen LogP contribution in [0.25, 0.3) is 0 Å². The Hall–Kier alpha value is -1.40. The van der Waals surface area contributed by atoms with Crippen molar-refractivity contribution in [1.29, 1.82) is 0 Å². The second-order valence-corrected chi connectivity index (χ2v) is 8.34. The van der Waals surface area contributed by atoms with Crippen LogP contribution in [-0.2, 0) is 20.2 Å². The van der Waals surface area contributed by atoms with Crippen molar-refractivity contribution in [2.24, 2.45) is 0 Å². The van der Waals surface area contributed by atoms with Crippen LogP contribution in [0.3, 0.4) is 0 Å². The summed E-state index contributed by atoms with van der Waals surface area (Å²) >= 11 is 0. The highest BCUT2D eigenvalue weighted by Gasteiger charge is 2.44. The summed E-state index contributed by atoms with van der Waals surface area (Å²) in [6.45, 7) is 12.6. The van der Waals surface area contributed by atoms with Gasteiger partial charge >= 0.3 is 0 Å². The van der Waals surface area contributed by atoms with Gasteiger partial charge in [0.25, 0.3) is 0 Å². The highest BCUT2D eigenvalue weighted by molar-refractivity contribution is 7.89. The lowest BCUT2D eigenvalue weighted by Gasteiger charge is -2.21. The minimum atomic E-state index is -3.53. The van der Waals surface area contributed by atoms with Crippen molar-refractivity contribution in [2.45, 2.75) is 51.9 Å². The van der Waals surface area contributed by atoms with E-state index in [1.165, 1.54) is 4.31 Å². The Bertz CT molecular complexity index is 734. The fourth-order valence-electron chi connectivity index (χ4n) is 3.30. The third-order valence-electron chi connectivity index (χ3n) is 4.66. The maximum atomic E-state index is 12.8. The van der Waals surface area contributed by atoms with Crippen LogP contribution in [0.2, 0.25) is 0 Å². The number of benzene rings is 1. The summed E-state index contributed by atoms with van der Waals surface area (Å²) < 4.78 is 27.1. The normalized spacial score (nSPS) is 17.0. The molecule has 6 heteroatoms. The molecule has 1 heterocycles. The van der Waals surface area contributed by atoms with Gasteiger partial charge in [-0.1, -0.05) is 13.8 Å². The minimum absolute atomic E-state index is 0.0236. The van der Waals surface area contributed by atoms with E-state index in [0.717, 1.165) is 16.8 Å². The van der Waals surface area contributed by atoms with Gasteiger partial charge in [0.05, 0.1) is 16.0 Å². The summed E-state index contributed by atoms with van der Waals surface area (Å²) in [6, 6.07) is 3.37. The predicted octanol–water partition coefficient (Wildman–Crippen LogP) is 2.67.